The molecule has 2 N–H and O–H groups in total. The molecule has 4 nitrogen and oxygen atoms in total. The maximum atomic E-state index is 10.6. The van der Waals surface area contributed by atoms with Gasteiger partial charge >= 0.3 is 5.97 Å². The predicted octanol–water partition coefficient (Wildman–Crippen LogP) is 1.95. The van der Waals surface area contributed by atoms with Crippen LogP contribution in [0.3, 0.4) is 0 Å². The van der Waals surface area contributed by atoms with E-state index in [2.05, 4.69) is 10.2 Å². The Morgan fingerprint density at radius 3 is 2.90 bits per heavy atom. The van der Waals surface area contributed by atoms with E-state index in [1.165, 1.54) is 37.2 Å². The summed E-state index contributed by atoms with van der Waals surface area (Å²) in [6.45, 7) is 4.48. The average Bonchev–Trinajstić information content (AvgIpc) is 2.99. The zero-order valence-corrected chi connectivity index (χ0v) is 12.5. The molecule has 110 valence electrons. The number of aliphatic carboxylic acids is 1. The number of carbonyl (C=O) groups is 1. The van der Waals surface area contributed by atoms with Crippen molar-refractivity contribution < 1.29 is 9.90 Å². The monoisotopic (exact) mass is 294 g/mol. The molecule has 2 aliphatic rings. The highest BCUT2D eigenvalue weighted by molar-refractivity contribution is 7.12. The number of nitrogens with zero attached hydrogens (tertiary/aromatic N) is 1. The van der Waals surface area contributed by atoms with E-state index >= 15 is 0 Å². The van der Waals surface area contributed by atoms with Crippen molar-refractivity contribution >= 4 is 17.3 Å². The summed E-state index contributed by atoms with van der Waals surface area (Å²) < 4.78 is 0. The van der Waals surface area contributed by atoms with Gasteiger partial charge in [0, 0.05) is 28.9 Å². The molecule has 0 amide bonds. The van der Waals surface area contributed by atoms with E-state index < -0.39 is 5.97 Å². The second kappa shape index (κ2) is 6.24. The molecule has 1 atom stereocenters. The zero-order valence-electron chi connectivity index (χ0n) is 11.7. The first-order valence-electron chi connectivity index (χ1n) is 7.45. The summed E-state index contributed by atoms with van der Waals surface area (Å²) in [6, 6.07) is 4.87. The highest BCUT2D eigenvalue weighted by atomic mass is 32.1. The Balaban J connectivity index is 1.37. The summed E-state index contributed by atoms with van der Waals surface area (Å²) in [5.41, 5.74) is 0. The van der Waals surface area contributed by atoms with Crippen molar-refractivity contribution in [3.8, 4) is 0 Å². The SMILES string of the molecule is O=C(O)Cc1ccc(CNCC2CCN(C3CC3)C2)s1. The second-order valence-corrected chi connectivity index (χ2v) is 7.20. The third kappa shape index (κ3) is 3.81. The molecule has 5 heteroatoms. The number of hydrogen-bond acceptors (Lipinski definition) is 4. The van der Waals surface area contributed by atoms with Crippen LogP contribution in [0.4, 0.5) is 0 Å². The van der Waals surface area contributed by atoms with Gasteiger partial charge in [-0.1, -0.05) is 0 Å². The molecule has 0 bridgehead atoms. The predicted molar refractivity (Wildman–Crippen MR) is 80.1 cm³/mol. The van der Waals surface area contributed by atoms with Gasteiger partial charge in [-0.3, -0.25) is 4.79 Å². The second-order valence-electron chi connectivity index (χ2n) is 5.95. The van der Waals surface area contributed by atoms with Gasteiger partial charge in [-0.05, 0) is 50.4 Å². The fourth-order valence-electron chi connectivity index (χ4n) is 2.96. The third-order valence-electron chi connectivity index (χ3n) is 4.16. The Kier molecular flexibility index (Phi) is 4.38. The first kappa shape index (κ1) is 14.0. The quantitative estimate of drug-likeness (QED) is 0.807. The minimum absolute atomic E-state index is 0.143. The van der Waals surface area contributed by atoms with E-state index in [1.807, 2.05) is 12.1 Å². The third-order valence-corrected chi connectivity index (χ3v) is 5.24. The van der Waals surface area contributed by atoms with Crippen LogP contribution in [-0.2, 0) is 17.8 Å². The molecule has 0 spiro atoms. The van der Waals surface area contributed by atoms with Gasteiger partial charge in [0.15, 0.2) is 0 Å². The fraction of sp³-hybridized carbons (Fsp3) is 0.667. The maximum absolute atomic E-state index is 10.6. The van der Waals surface area contributed by atoms with Crippen molar-refractivity contribution in [3.63, 3.8) is 0 Å². The largest absolute Gasteiger partial charge is 0.481 e. The van der Waals surface area contributed by atoms with Crippen LogP contribution >= 0.6 is 11.3 Å². The number of rotatable bonds is 7. The van der Waals surface area contributed by atoms with Crippen LogP contribution in [0.5, 0.6) is 0 Å². The Hall–Kier alpha value is -0.910. The fourth-order valence-corrected chi connectivity index (χ4v) is 3.94. The van der Waals surface area contributed by atoms with Crippen LogP contribution in [0, 0.1) is 5.92 Å². The van der Waals surface area contributed by atoms with Gasteiger partial charge in [-0.25, -0.2) is 0 Å². The summed E-state index contributed by atoms with van der Waals surface area (Å²) in [5, 5.41) is 12.3. The number of carboxylic acid groups (broad SMARTS) is 1. The van der Waals surface area contributed by atoms with Crippen LogP contribution in [0.15, 0.2) is 12.1 Å². The molecular formula is C15H22N2O2S. The minimum atomic E-state index is -0.752. The molecular weight excluding hydrogens is 272 g/mol. The van der Waals surface area contributed by atoms with Crippen LogP contribution in [-0.4, -0.2) is 41.7 Å². The molecule has 1 saturated heterocycles. The van der Waals surface area contributed by atoms with Crippen LogP contribution < -0.4 is 5.32 Å². The van der Waals surface area contributed by atoms with Gasteiger partial charge in [-0.15, -0.1) is 11.3 Å². The molecule has 2 fully saturated rings. The topological polar surface area (TPSA) is 52.6 Å². The van der Waals surface area contributed by atoms with Crippen LogP contribution in [0.2, 0.25) is 0 Å². The van der Waals surface area contributed by atoms with Crippen LogP contribution in [0.1, 0.15) is 29.0 Å². The Labute approximate surface area is 123 Å². The van der Waals surface area contributed by atoms with Crippen molar-refractivity contribution in [2.75, 3.05) is 19.6 Å². The summed E-state index contributed by atoms with van der Waals surface area (Å²) in [6.07, 6.45) is 4.27. The van der Waals surface area contributed by atoms with Crippen LogP contribution in [0.25, 0.3) is 0 Å². The van der Waals surface area contributed by atoms with Crippen molar-refractivity contribution in [1.82, 2.24) is 10.2 Å². The lowest BCUT2D eigenvalue weighted by molar-refractivity contribution is -0.136. The summed E-state index contributed by atoms with van der Waals surface area (Å²) in [7, 11) is 0. The van der Waals surface area contributed by atoms with E-state index in [4.69, 9.17) is 5.11 Å². The summed E-state index contributed by atoms with van der Waals surface area (Å²) >= 11 is 1.61. The minimum Gasteiger partial charge on any atom is -0.481 e. The van der Waals surface area contributed by atoms with E-state index in [1.54, 1.807) is 11.3 Å². The molecule has 2 heterocycles. The zero-order chi connectivity index (χ0) is 13.9. The highest BCUT2D eigenvalue weighted by Gasteiger charge is 2.33. The van der Waals surface area contributed by atoms with Gasteiger partial charge in [0.1, 0.15) is 0 Å². The smallest absolute Gasteiger partial charge is 0.308 e. The molecule has 20 heavy (non-hydrogen) atoms. The number of likely N-dealkylation sites (tertiary alicyclic amines) is 1. The van der Waals surface area contributed by atoms with Gasteiger partial charge in [0.05, 0.1) is 6.42 Å². The van der Waals surface area contributed by atoms with E-state index in [0.29, 0.717) is 0 Å². The van der Waals surface area contributed by atoms with Crippen molar-refractivity contribution in [2.24, 2.45) is 5.92 Å². The maximum Gasteiger partial charge on any atom is 0.308 e. The molecule has 3 rings (SSSR count). The van der Waals surface area contributed by atoms with Gasteiger partial charge in [0.25, 0.3) is 0 Å². The first-order chi connectivity index (χ1) is 9.70. The lowest BCUT2D eigenvalue weighted by atomic mass is 10.1. The molecule has 1 unspecified atom stereocenters. The Morgan fingerprint density at radius 2 is 2.15 bits per heavy atom. The summed E-state index contributed by atoms with van der Waals surface area (Å²) in [4.78, 5) is 15.5. The molecule has 1 saturated carbocycles. The van der Waals surface area contributed by atoms with Gasteiger partial charge in [0.2, 0.25) is 0 Å². The normalized spacial score (nSPS) is 23.3. The first-order valence-corrected chi connectivity index (χ1v) is 8.26. The average molecular weight is 294 g/mol. The van der Waals surface area contributed by atoms with Gasteiger partial charge in [-0.2, -0.15) is 0 Å². The standard InChI is InChI=1S/C15H22N2O2S/c18-15(19)7-13-3-4-14(20-13)9-16-8-11-5-6-17(10-11)12-1-2-12/h3-4,11-12,16H,1-2,5-10H2,(H,18,19). The summed E-state index contributed by atoms with van der Waals surface area (Å²) in [5.74, 6) is 0.0338. The molecule has 1 aromatic rings. The Morgan fingerprint density at radius 1 is 1.35 bits per heavy atom. The van der Waals surface area contributed by atoms with E-state index in [9.17, 15) is 4.79 Å². The lowest BCUT2D eigenvalue weighted by Gasteiger charge is -2.14. The Bertz CT molecular complexity index is 470. The van der Waals surface area contributed by atoms with E-state index in [0.717, 1.165) is 29.9 Å². The van der Waals surface area contributed by atoms with Crippen molar-refractivity contribution in [3.05, 3.63) is 21.9 Å². The molecule has 0 radical (unpaired) electrons. The number of carboxylic acids is 1. The van der Waals surface area contributed by atoms with Crippen molar-refractivity contribution in [1.29, 1.82) is 0 Å². The number of hydrogen-bond donors (Lipinski definition) is 2. The lowest BCUT2D eigenvalue weighted by Crippen LogP contribution is -2.27. The number of thiophene rings is 1. The van der Waals surface area contributed by atoms with Gasteiger partial charge < -0.3 is 15.3 Å². The number of nitrogens with one attached hydrogen (secondary N) is 1. The molecule has 0 aromatic carbocycles. The molecule has 1 aliphatic carbocycles. The molecule has 1 aliphatic heterocycles. The molecule has 1 aromatic heterocycles. The van der Waals surface area contributed by atoms with E-state index in [-0.39, 0.29) is 6.42 Å². The van der Waals surface area contributed by atoms with Crippen molar-refractivity contribution in [2.45, 2.75) is 38.3 Å². The highest BCUT2D eigenvalue weighted by Crippen LogP contribution is 2.31.